The van der Waals surface area contributed by atoms with Gasteiger partial charge in [-0.2, -0.15) is 0 Å². The number of hydrogen-bond donors (Lipinski definition) is 1. The monoisotopic (exact) mass is 130 g/mol. The number of carbonyl (C=O) groups is 1. The molecule has 1 rings (SSSR count). The first-order chi connectivity index (χ1) is 3.75. The Hall–Kier alpha value is -0.570. The molecule has 0 bridgehead atoms. The minimum absolute atomic E-state index is 0. The number of nitrogens with zero attached hydrogens (tertiary/aromatic N) is 1. The van der Waals surface area contributed by atoms with E-state index in [1.807, 2.05) is 0 Å². The van der Waals surface area contributed by atoms with Gasteiger partial charge in [-0.3, -0.25) is 4.79 Å². The van der Waals surface area contributed by atoms with Crippen LogP contribution in [-0.4, -0.2) is 37.5 Å². The third kappa shape index (κ3) is 1.21. The van der Waals surface area contributed by atoms with Crippen LogP contribution in [0.3, 0.4) is 0 Å². The Morgan fingerprint density at radius 1 is 1.78 bits per heavy atom. The van der Waals surface area contributed by atoms with E-state index in [0.717, 1.165) is 6.54 Å². The highest BCUT2D eigenvalue weighted by atomic mass is 16.2. The topological polar surface area (TPSA) is 32.3 Å². The minimum Gasteiger partial charge on any atom is -0.342 e. The molecule has 1 heterocycles. The van der Waals surface area contributed by atoms with Crippen LogP contribution in [0.2, 0.25) is 0 Å². The fraction of sp³-hybridized carbons (Fsp3) is 0.833. The van der Waals surface area contributed by atoms with E-state index >= 15 is 0 Å². The molecule has 1 aliphatic rings. The first kappa shape index (κ1) is 8.43. The zero-order chi connectivity index (χ0) is 6.15. The predicted octanol–water partition coefficient (Wildman–Crippen LogP) is -0.317. The Labute approximate surface area is 56.0 Å². The molecule has 1 amide bonds. The van der Waals surface area contributed by atoms with E-state index in [1.54, 1.807) is 19.0 Å². The van der Waals surface area contributed by atoms with E-state index in [2.05, 4.69) is 5.32 Å². The van der Waals surface area contributed by atoms with Crippen molar-refractivity contribution in [3.05, 3.63) is 0 Å². The van der Waals surface area contributed by atoms with E-state index in [0.29, 0.717) is 0 Å². The van der Waals surface area contributed by atoms with Crippen molar-refractivity contribution in [2.75, 3.05) is 20.6 Å². The smallest absolute Gasteiger partial charge is 0.241 e. The van der Waals surface area contributed by atoms with Crippen molar-refractivity contribution in [1.29, 1.82) is 0 Å². The molecule has 1 aliphatic heterocycles. The van der Waals surface area contributed by atoms with Crippen molar-refractivity contribution >= 4 is 5.91 Å². The summed E-state index contributed by atoms with van der Waals surface area (Å²) >= 11 is 0. The number of rotatable bonds is 1. The molecule has 1 atom stereocenters. The third-order valence-electron chi connectivity index (χ3n) is 1.48. The SMILES string of the molecule is C.CN[C@H]1CN(C)C1=O. The molecule has 0 unspecified atom stereocenters. The van der Waals surface area contributed by atoms with Crippen LogP contribution in [0.5, 0.6) is 0 Å². The van der Waals surface area contributed by atoms with Gasteiger partial charge in [0.05, 0.1) is 0 Å². The fourth-order valence-electron chi connectivity index (χ4n) is 0.810. The molecule has 0 radical (unpaired) electrons. The van der Waals surface area contributed by atoms with Gasteiger partial charge in [0.25, 0.3) is 0 Å². The predicted molar refractivity (Wildman–Crippen MR) is 37.2 cm³/mol. The highest BCUT2D eigenvalue weighted by molar-refractivity contribution is 5.87. The van der Waals surface area contributed by atoms with Crippen molar-refractivity contribution in [1.82, 2.24) is 10.2 Å². The van der Waals surface area contributed by atoms with E-state index in [-0.39, 0.29) is 19.4 Å². The molecule has 0 aromatic carbocycles. The van der Waals surface area contributed by atoms with Gasteiger partial charge in [-0.15, -0.1) is 0 Å². The van der Waals surface area contributed by atoms with Crippen molar-refractivity contribution in [2.45, 2.75) is 13.5 Å². The maximum absolute atomic E-state index is 10.7. The van der Waals surface area contributed by atoms with Crippen LogP contribution in [0.1, 0.15) is 7.43 Å². The average molecular weight is 130 g/mol. The number of hydrogen-bond acceptors (Lipinski definition) is 2. The number of carbonyl (C=O) groups excluding carboxylic acids is 1. The van der Waals surface area contributed by atoms with E-state index < -0.39 is 0 Å². The number of likely N-dealkylation sites (N-methyl/N-ethyl adjacent to an activating group) is 2. The molecule has 0 aliphatic carbocycles. The maximum atomic E-state index is 10.7. The van der Waals surface area contributed by atoms with Gasteiger partial charge in [0.1, 0.15) is 6.04 Å². The average Bonchev–Trinajstić information content (AvgIpc) is 1.81. The standard InChI is InChI=1S/C5H10N2O.CH4/c1-6-4-3-7(2)5(4)8;/h4,6H,3H2,1-2H3;1H4/t4-;/m0./s1. The molecule has 0 aromatic rings. The van der Waals surface area contributed by atoms with Crippen LogP contribution in [0, 0.1) is 0 Å². The summed E-state index contributed by atoms with van der Waals surface area (Å²) in [5.74, 6) is 0.201. The molecule has 1 saturated heterocycles. The Bertz CT molecular complexity index is 114. The molecule has 1 fully saturated rings. The van der Waals surface area contributed by atoms with Gasteiger partial charge in [0, 0.05) is 13.6 Å². The van der Waals surface area contributed by atoms with Crippen LogP contribution in [-0.2, 0) is 4.79 Å². The number of β-lactam (4-membered cyclic amide) rings is 1. The maximum Gasteiger partial charge on any atom is 0.241 e. The normalized spacial score (nSPS) is 24.9. The molecule has 3 heteroatoms. The van der Waals surface area contributed by atoms with E-state index in [4.69, 9.17) is 0 Å². The van der Waals surface area contributed by atoms with Crippen LogP contribution in [0.15, 0.2) is 0 Å². The highest BCUT2D eigenvalue weighted by Gasteiger charge is 2.31. The van der Waals surface area contributed by atoms with E-state index in [1.165, 1.54) is 0 Å². The molecule has 54 valence electrons. The lowest BCUT2D eigenvalue weighted by atomic mass is 10.1. The zero-order valence-electron chi connectivity index (χ0n) is 5.14. The van der Waals surface area contributed by atoms with Gasteiger partial charge >= 0.3 is 0 Å². The van der Waals surface area contributed by atoms with Gasteiger partial charge < -0.3 is 10.2 Å². The highest BCUT2D eigenvalue weighted by Crippen LogP contribution is 2.04. The summed E-state index contributed by atoms with van der Waals surface area (Å²) in [4.78, 5) is 12.4. The number of nitrogens with one attached hydrogen (secondary N) is 1. The van der Waals surface area contributed by atoms with Crippen LogP contribution >= 0.6 is 0 Å². The zero-order valence-corrected chi connectivity index (χ0v) is 5.14. The van der Waals surface area contributed by atoms with Gasteiger partial charge in [-0.25, -0.2) is 0 Å². The summed E-state index contributed by atoms with van der Waals surface area (Å²) < 4.78 is 0. The lowest BCUT2D eigenvalue weighted by Gasteiger charge is -2.34. The van der Waals surface area contributed by atoms with Crippen molar-refractivity contribution in [2.24, 2.45) is 0 Å². The first-order valence-corrected chi connectivity index (χ1v) is 2.68. The van der Waals surface area contributed by atoms with Gasteiger partial charge in [-0.1, -0.05) is 7.43 Å². The summed E-state index contributed by atoms with van der Waals surface area (Å²) in [6.45, 7) is 0.856. The summed E-state index contributed by atoms with van der Waals surface area (Å²) in [7, 11) is 3.60. The van der Waals surface area contributed by atoms with Crippen LogP contribution in [0.4, 0.5) is 0 Å². The van der Waals surface area contributed by atoms with Gasteiger partial charge in [0.15, 0.2) is 0 Å². The largest absolute Gasteiger partial charge is 0.342 e. The summed E-state index contributed by atoms with van der Waals surface area (Å²) in [6.07, 6.45) is 0. The Morgan fingerprint density at radius 2 is 2.33 bits per heavy atom. The Kier molecular flexibility index (Phi) is 2.65. The van der Waals surface area contributed by atoms with Crippen LogP contribution < -0.4 is 5.32 Å². The van der Waals surface area contributed by atoms with Gasteiger partial charge in [-0.05, 0) is 7.05 Å². The first-order valence-electron chi connectivity index (χ1n) is 2.68. The van der Waals surface area contributed by atoms with Crippen molar-refractivity contribution < 1.29 is 4.79 Å². The van der Waals surface area contributed by atoms with Crippen molar-refractivity contribution in [3.8, 4) is 0 Å². The summed E-state index contributed by atoms with van der Waals surface area (Å²) in [6, 6.07) is 0.0972. The lowest BCUT2D eigenvalue weighted by molar-refractivity contribution is -0.141. The quantitative estimate of drug-likeness (QED) is 0.493. The third-order valence-corrected chi connectivity index (χ3v) is 1.48. The second kappa shape index (κ2) is 2.82. The molecule has 0 aromatic heterocycles. The van der Waals surface area contributed by atoms with Gasteiger partial charge in [0.2, 0.25) is 5.91 Å². The second-order valence-electron chi connectivity index (χ2n) is 2.06. The Morgan fingerprint density at radius 3 is 2.44 bits per heavy atom. The lowest BCUT2D eigenvalue weighted by Crippen LogP contribution is -2.60. The second-order valence-corrected chi connectivity index (χ2v) is 2.06. The number of amides is 1. The van der Waals surface area contributed by atoms with Crippen molar-refractivity contribution in [3.63, 3.8) is 0 Å². The molecule has 1 N–H and O–H groups in total. The van der Waals surface area contributed by atoms with Crippen LogP contribution in [0.25, 0.3) is 0 Å². The summed E-state index contributed by atoms with van der Waals surface area (Å²) in [5.41, 5.74) is 0. The molecule has 0 spiro atoms. The molecule has 0 saturated carbocycles. The van der Waals surface area contributed by atoms with E-state index in [9.17, 15) is 4.79 Å². The summed E-state index contributed by atoms with van der Waals surface area (Å²) in [5, 5.41) is 2.89. The molecule has 9 heavy (non-hydrogen) atoms. The minimum atomic E-state index is 0. The Balaban J connectivity index is 0.000000640. The fourth-order valence-corrected chi connectivity index (χ4v) is 0.810. The molecular formula is C6H14N2O. The molecular weight excluding hydrogens is 116 g/mol. The number of likely N-dealkylation sites (tertiary alicyclic amines) is 1. The molecule has 3 nitrogen and oxygen atoms in total.